The Morgan fingerprint density at radius 3 is 0.675 bits per heavy atom. The largest absolute Gasteiger partial charge is 2.00 e. The third kappa shape index (κ3) is 27.0. The van der Waals surface area contributed by atoms with Crippen LogP contribution in [0.15, 0.2) is 82.8 Å². The summed E-state index contributed by atoms with van der Waals surface area (Å²) in [6, 6.07) is 26.1. The molecule has 0 spiro atoms. The van der Waals surface area contributed by atoms with Crippen molar-refractivity contribution in [1.29, 1.82) is 10.8 Å². The zero-order valence-electron chi connectivity index (χ0n) is 47.7. The second-order valence-electron chi connectivity index (χ2n) is 21.1. The van der Waals surface area contributed by atoms with E-state index in [1.807, 2.05) is 36.3 Å². The summed E-state index contributed by atoms with van der Waals surface area (Å²) < 4.78 is 118. The van der Waals surface area contributed by atoms with Crippen LogP contribution in [0.5, 0.6) is 0 Å². The number of hydrogen-bond acceptors (Lipinski definition) is 4. The molecule has 0 aromatic heterocycles. The summed E-state index contributed by atoms with van der Waals surface area (Å²) in [4.78, 5) is 14.2. The van der Waals surface area contributed by atoms with Crippen LogP contribution in [0.4, 0.5) is 73.1 Å². The van der Waals surface area contributed by atoms with Gasteiger partial charge in [0.15, 0.2) is 0 Å². The van der Waals surface area contributed by atoms with Crippen LogP contribution in [-0.4, -0.2) is 24.3 Å². The molecular weight excluding hydrogens is 1150 g/mol. The fourth-order valence-electron chi connectivity index (χ4n) is 8.00. The monoisotopic (exact) mass is 1230 g/mol. The predicted octanol–water partition coefficient (Wildman–Crippen LogP) is 24.2. The van der Waals surface area contributed by atoms with Gasteiger partial charge in [-0.25, -0.2) is 9.98 Å². The molecule has 4 rings (SSSR count). The van der Waals surface area contributed by atoms with E-state index in [1.54, 1.807) is 0 Å². The van der Waals surface area contributed by atoms with Crippen molar-refractivity contribution in [2.24, 2.45) is 9.98 Å². The van der Waals surface area contributed by atoms with Gasteiger partial charge in [0, 0.05) is 12.8 Å². The Kier molecular flexibility index (Phi) is 25.4. The van der Waals surface area contributed by atoms with Gasteiger partial charge in [0.25, 0.3) is 0 Å². The van der Waals surface area contributed by atoms with Crippen molar-refractivity contribution >= 4 is 62.7 Å². The number of hydrogen-bond donors (Lipinski definition) is 2. The Bertz CT molecular complexity index is 2340. The minimum Gasteiger partial charge on any atom is 2.00 e. The third-order valence-electron chi connectivity index (χ3n) is 11.7. The van der Waals surface area contributed by atoms with E-state index in [4.69, 9.17) is 20.8 Å². The van der Waals surface area contributed by atoms with Crippen molar-refractivity contribution in [3.8, 4) is 0 Å². The Hall–Kier alpha value is -4.16. The van der Waals surface area contributed by atoms with E-state index < -0.39 is 15.6 Å². The van der Waals surface area contributed by atoms with Gasteiger partial charge in [0.05, 0.1) is 22.7 Å². The van der Waals surface area contributed by atoms with Gasteiger partial charge >= 0.3 is 86.4 Å². The van der Waals surface area contributed by atoms with Crippen molar-refractivity contribution in [3.05, 3.63) is 117 Å². The number of halogens is 12. The quantitative estimate of drug-likeness (QED) is 0.0385. The van der Waals surface area contributed by atoms with E-state index in [0.29, 0.717) is 71.9 Å². The van der Waals surface area contributed by atoms with Gasteiger partial charge in [-0.05, 0) is 91.9 Å². The van der Waals surface area contributed by atoms with Crippen LogP contribution >= 0.6 is 15.6 Å². The van der Waals surface area contributed by atoms with E-state index in [9.17, 15) is 50.4 Å². The molecule has 2 N–H and O–H groups in total. The molecule has 440 valence electrons. The SMILES string of the molecule is CCC(=N)N(C=Nc1c(C(C)C)cccc1C(C)C)c1c(C(C)C)cccc1C(C)C.CCC(=N)N(C=Nc1c(C(C)C)cccc1C(C)C)c1c(C(C)C)cccc1C(C)C.F[P-](F)(F)(F)(F)F.F[P-](F)(F)(F)(F)F.[Pd+2]. The average molecular weight is 1240 g/mol. The van der Waals surface area contributed by atoms with E-state index in [2.05, 4.69) is 184 Å². The van der Waals surface area contributed by atoms with Gasteiger partial charge in [0.1, 0.15) is 24.3 Å². The number of benzene rings is 4. The number of aliphatic imine (C=N–C) groups is 2. The van der Waals surface area contributed by atoms with Crippen LogP contribution in [0.25, 0.3) is 0 Å². The molecule has 6 nitrogen and oxygen atoms in total. The molecule has 0 amide bonds. The molecule has 0 aliphatic rings. The van der Waals surface area contributed by atoms with Crippen LogP contribution < -0.4 is 9.80 Å². The summed E-state index contributed by atoms with van der Waals surface area (Å²) in [5, 5.41) is 17.6. The maximum absolute atomic E-state index is 10.7. The molecule has 0 saturated heterocycles. The van der Waals surface area contributed by atoms with Gasteiger partial charge in [-0.1, -0.05) is 197 Å². The smallest absolute Gasteiger partial charge is 2.00 e. The summed E-state index contributed by atoms with van der Waals surface area (Å²) in [6.07, 6.45) is 5.09. The standard InChI is InChI=1S/2C28H41N3.2F6P.Pd/c2*1-10-26(29)31(28-24(20(6)7)15-12-16-25(28)21(8)9)17-30-27-22(18(2)3)13-11-14-23(27)19(4)5;2*1-7(2,3,4,5)6;/h2*11-21,29H,10H2,1-9H3;;;/q;;2*-1;+2. The zero-order valence-corrected chi connectivity index (χ0v) is 51.0. The minimum atomic E-state index is -10.7. The van der Waals surface area contributed by atoms with Crippen LogP contribution in [0.1, 0.15) is 229 Å². The summed E-state index contributed by atoms with van der Waals surface area (Å²) >= 11 is 0. The molecule has 0 aliphatic carbocycles. The summed E-state index contributed by atoms with van der Waals surface area (Å²) in [5.41, 5.74) is 14.4. The number of para-hydroxylation sites is 4. The average Bonchev–Trinajstić information content (AvgIpc) is 3.26. The first-order valence-electron chi connectivity index (χ1n) is 25.5. The molecule has 77 heavy (non-hydrogen) atoms. The van der Waals surface area contributed by atoms with E-state index in [0.717, 1.165) is 22.7 Å². The van der Waals surface area contributed by atoms with Gasteiger partial charge in [-0.15, -0.1) is 0 Å². The van der Waals surface area contributed by atoms with Crippen molar-refractivity contribution in [2.45, 2.75) is 185 Å². The normalized spacial score (nSPS) is 13.9. The van der Waals surface area contributed by atoms with Gasteiger partial charge < -0.3 is 0 Å². The van der Waals surface area contributed by atoms with Crippen molar-refractivity contribution in [3.63, 3.8) is 0 Å². The van der Waals surface area contributed by atoms with Gasteiger partial charge in [0.2, 0.25) is 0 Å². The second kappa shape index (κ2) is 26.9. The van der Waals surface area contributed by atoms with E-state index in [-0.39, 0.29) is 20.4 Å². The topological polar surface area (TPSA) is 78.9 Å². The zero-order chi connectivity index (χ0) is 59.4. The molecule has 0 saturated carbocycles. The molecule has 0 atom stereocenters. The molecule has 21 heteroatoms. The summed E-state index contributed by atoms with van der Waals surface area (Å²) in [7, 11) is -21.3. The second-order valence-corrected chi connectivity index (χ2v) is 25.0. The molecule has 0 heterocycles. The molecule has 0 bridgehead atoms. The first-order chi connectivity index (χ1) is 34.1. The Labute approximate surface area is 464 Å². The minimum absolute atomic E-state index is 0. The van der Waals surface area contributed by atoms with Crippen LogP contribution in [0.2, 0.25) is 0 Å². The maximum atomic E-state index is 9.87. The number of rotatable bonds is 16. The Morgan fingerprint density at radius 2 is 0.532 bits per heavy atom. The summed E-state index contributed by atoms with van der Waals surface area (Å²) in [5.74, 6) is 4.13. The number of amidine groups is 2. The number of nitrogens with one attached hydrogen (secondary N) is 2. The molecule has 4 aromatic carbocycles. The number of nitrogens with zero attached hydrogens (tertiary/aromatic N) is 4. The van der Waals surface area contributed by atoms with Gasteiger partial charge in [-0.2, -0.15) is 0 Å². The van der Waals surface area contributed by atoms with Crippen LogP contribution in [0, 0.1) is 10.8 Å². The predicted molar refractivity (Wildman–Crippen MR) is 303 cm³/mol. The first-order valence-corrected chi connectivity index (χ1v) is 29.6. The van der Waals surface area contributed by atoms with E-state index >= 15 is 0 Å². The fraction of sp³-hybridized carbons (Fsp3) is 0.500. The van der Waals surface area contributed by atoms with Crippen molar-refractivity contribution in [2.75, 3.05) is 9.80 Å². The Balaban J connectivity index is 0.00000119. The Morgan fingerprint density at radius 1 is 0.377 bits per heavy atom. The van der Waals surface area contributed by atoms with E-state index in [1.165, 1.54) is 44.5 Å². The van der Waals surface area contributed by atoms with Crippen LogP contribution in [0.3, 0.4) is 0 Å². The first kappa shape index (κ1) is 72.8. The van der Waals surface area contributed by atoms with Crippen molar-refractivity contribution < 1.29 is 70.8 Å². The molecule has 4 aromatic rings. The molecule has 0 unspecified atom stereocenters. The van der Waals surface area contributed by atoms with Crippen molar-refractivity contribution in [1.82, 2.24) is 0 Å². The molecule has 0 aliphatic heterocycles. The third-order valence-corrected chi connectivity index (χ3v) is 11.7. The summed E-state index contributed by atoms with van der Waals surface area (Å²) in [6.45, 7) is 39.6. The molecule has 0 fully saturated rings. The maximum Gasteiger partial charge on any atom is 2.00 e. The van der Waals surface area contributed by atoms with Gasteiger partial charge in [-0.3, -0.25) is 20.6 Å². The number of anilines is 2. The van der Waals surface area contributed by atoms with Crippen LogP contribution in [-0.2, 0) is 20.4 Å². The molecule has 0 radical (unpaired) electrons. The molecular formula is C56H82F12N6P2Pd. The fourth-order valence-corrected chi connectivity index (χ4v) is 8.00.